The van der Waals surface area contributed by atoms with E-state index >= 15 is 0 Å². The number of nitrogens with one attached hydrogen (secondary N) is 1. The lowest BCUT2D eigenvalue weighted by Crippen LogP contribution is -2.20. The molecule has 0 spiro atoms. The summed E-state index contributed by atoms with van der Waals surface area (Å²) in [5.41, 5.74) is 5.60. The number of hydrogen-bond acceptors (Lipinski definition) is 3. The lowest BCUT2D eigenvalue weighted by molar-refractivity contribution is -0.116. The van der Waals surface area contributed by atoms with Crippen LogP contribution < -0.4 is 5.32 Å². The molecule has 2 aromatic carbocycles. The lowest BCUT2D eigenvalue weighted by atomic mass is 10.1. The summed E-state index contributed by atoms with van der Waals surface area (Å²) in [6, 6.07) is 15.4. The molecule has 0 bridgehead atoms. The summed E-state index contributed by atoms with van der Waals surface area (Å²) < 4.78 is 8.14. The van der Waals surface area contributed by atoms with Crippen LogP contribution in [-0.2, 0) is 16.1 Å². The molecular weight excluding hydrogens is 444 g/mol. The molecule has 0 atom stereocenters. The fraction of sp³-hybridized carbons (Fsp3) is 0.250. The molecule has 0 aliphatic rings. The second kappa shape index (κ2) is 9.30. The first-order chi connectivity index (χ1) is 14.3. The Kier molecular flexibility index (Phi) is 6.77. The van der Waals surface area contributed by atoms with Gasteiger partial charge in [0.2, 0.25) is 5.91 Å². The number of aromatic nitrogens is 1. The minimum atomic E-state index is -0.368. The van der Waals surface area contributed by atoms with Crippen LogP contribution >= 0.6 is 15.9 Å². The van der Waals surface area contributed by atoms with Crippen molar-refractivity contribution in [3.63, 3.8) is 0 Å². The predicted octanol–water partition coefficient (Wildman–Crippen LogP) is 5.66. The number of aryl methyl sites for hydroxylation is 1. The fourth-order valence-corrected chi connectivity index (χ4v) is 3.88. The molecule has 0 fully saturated rings. The summed E-state index contributed by atoms with van der Waals surface area (Å²) in [4.78, 5) is 25.5. The maximum atomic E-state index is 12.9. The van der Waals surface area contributed by atoms with E-state index in [0.29, 0.717) is 17.9 Å². The Hall–Kier alpha value is -2.86. The molecule has 6 heteroatoms. The SMILES string of the molecule is CCOC(=O)c1c(C)c(-c2ccccc2)n(CC(=O)Nc2ccc(Br)c(C)c2)c1C. The summed E-state index contributed by atoms with van der Waals surface area (Å²) in [6.07, 6.45) is 0. The lowest BCUT2D eigenvalue weighted by Gasteiger charge is -2.13. The molecule has 0 aliphatic carbocycles. The number of carbonyl (C=O) groups excluding carboxylic acids is 2. The standard InChI is InChI=1S/C24H25BrN2O3/c1-5-30-24(29)22-16(3)23(18-9-7-6-8-10-18)27(17(22)4)14-21(28)26-19-11-12-20(25)15(2)13-19/h6-13H,5,14H2,1-4H3,(H,26,28). The average Bonchev–Trinajstić information content (AvgIpc) is 2.95. The number of nitrogens with zero attached hydrogens (tertiary/aromatic N) is 1. The van der Waals surface area contributed by atoms with Crippen LogP contribution in [0.2, 0.25) is 0 Å². The Morgan fingerprint density at radius 1 is 1.07 bits per heavy atom. The van der Waals surface area contributed by atoms with Gasteiger partial charge in [0, 0.05) is 15.9 Å². The highest BCUT2D eigenvalue weighted by Crippen LogP contribution is 2.32. The molecule has 1 amide bonds. The molecule has 1 N–H and O–H groups in total. The van der Waals surface area contributed by atoms with Gasteiger partial charge in [0.15, 0.2) is 0 Å². The van der Waals surface area contributed by atoms with Crippen molar-refractivity contribution in [2.45, 2.75) is 34.2 Å². The number of esters is 1. The van der Waals surface area contributed by atoms with Crippen LogP contribution in [0, 0.1) is 20.8 Å². The van der Waals surface area contributed by atoms with Gasteiger partial charge in [0.05, 0.1) is 17.9 Å². The first kappa shape index (κ1) is 21.8. The van der Waals surface area contributed by atoms with E-state index in [1.807, 2.05) is 73.9 Å². The second-order valence-electron chi connectivity index (χ2n) is 7.12. The van der Waals surface area contributed by atoms with Crippen molar-refractivity contribution in [1.29, 1.82) is 0 Å². The minimum Gasteiger partial charge on any atom is -0.462 e. The van der Waals surface area contributed by atoms with Crippen molar-refractivity contribution in [3.8, 4) is 11.3 Å². The largest absolute Gasteiger partial charge is 0.462 e. The van der Waals surface area contributed by atoms with Gasteiger partial charge in [0.25, 0.3) is 0 Å². The topological polar surface area (TPSA) is 60.3 Å². The zero-order valence-corrected chi connectivity index (χ0v) is 19.2. The van der Waals surface area contributed by atoms with E-state index < -0.39 is 0 Å². The third kappa shape index (κ3) is 4.49. The number of hydrogen-bond donors (Lipinski definition) is 1. The van der Waals surface area contributed by atoms with E-state index in [-0.39, 0.29) is 18.4 Å². The molecule has 0 aliphatic heterocycles. The average molecular weight is 469 g/mol. The van der Waals surface area contributed by atoms with Gasteiger partial charge in [-0.2, -0.15) is 0 Å². The van der Waals surface area contributed by atoms with Crippen molar-refractivity contribution in [3.05, 3.63) is 75.4 Å². The van der Waals surface area contributed by atoms with Gasteiger partial charge in [-0.15, -0.1) is 0 Å². The summed E-state index contributed by atoms with van der Waals surface area (Å²) >= 11 is 3.47. The van der Waals surface area contributed by atoms with Gasteiger partial charge in [-0.1, -0.05) is 46.3 Å². The highest BCUT2D eigenvalue weighted by molar-refractivity contribution is 9.10. The molecular formula is C24H25BrN2O3. The number of benzene rings is 2. The first-order valence-corrected chi connectivity index (χ1v) is 10.6. The molecule has 3 rings (SSSR count). The van der Waals surface area contributed by atoms with Gasteiger partial charge in [-0.05, 0) is 62.6 Å². The summed E-state index contributed by atoms with van der Waals surface area (Å²) in [7, 11) is 0. The summed E-state index contributed by atoms with van der Waals surface area (Å²) in [5.74, 6) is -0.533. The van der Waals surface area contributed by atoms with Crippen LogP contribution in [0.1, 0.15) is 34.1 Å². The van der Waals surface area contributed by atoms with Gasteiger partial charge >= 0.3 is 5.97 Å². The molecule has 0 saturated heterocycles. The third-order valence-electron chi connectivity index (χ3n) is 5.04. The maximum Gasteiger partial charge on any atom is 0.340 e. The van der Waals surface area contributed by atoms with Crippen LogP contribution in [0.4, 0.5) is 5.69 Å². The van der Waals surface area contributed by atoms with E-state index in [4.69, 9.17) is 4.74 Å². The van der Waals surface area contributed by atoms with Crippen molar-refractivity contribution in [2.24, 2.45) is 0 Å². The normalized spacial score (nSPS) is 10.7. The van der Waals surface area contributed by atoms with Crippen molar-refractivity contribution < 1.29 is 14.3 Å². The van der Waals surface area contributed by atoms with Crippen molar-refractivity contribution in [1.82, 2.24) is 4.57 Å². The van der Waals surface area contributed by atoms with E-state index in [2.05, 4.69) is 21.2 Å². The van der Waals surface area contributed by atoms with Crippen LogP contribution in [0.3, 0.4) is 0 Å². The molecule has 3 aromatic rings. The zero-order chi connectivity index (χ0) is 21.8. The van der Waals surface area contributed by atoms with Crippen LogP contribution in [0.25, 0.3) is 11.3 Å². The summed E-state index contributed by atoms with van der Waals surface area (Å²) in [5, 5.41) is 2.95. The van der Waals surface area contributed by atoms with E-state index in [1.54, 1.807) is 6.92 Å². The molecule has 1 heterocycles. The Balaban J connectivity index is 1.99. The number of rotatable bonds is 6. The molecule has 30 heavy (non-hydrogen) atoms. The molecule has 156 valence electrons. The van der Waals surface area contributed by atoms with Gasteiger partial charge in [-0.3, -0.25) is 4.79 Å². The maximum absolute atomic E-state index is 12.9. The number of halogens is 1. The zero-order valence-electron chi connectivity index (χ0n) is 17.6. The number of anilines is 1. The number of carbonyl (C=O) groups is 2. The van der Waals surface area contributed by atoms with Gasteiger partial charge < -0.3 is 14.6 Å². The molecule has 0 saturated carbocycles. The first-order valence-electron chi connectivity index (χ1n) is 9.81. The highest BCUT2D eigenvalue weighted by atomic mass is 79.9. The van der Waals surface area contributed by atoms with Crippen molar-refractivity contribution >= 4 is 33.5 Å². The Morgan fingerprint density at radius 2 is 1.77 bits per heavy atom. The van der Waals surface area contributed by atoms with Crippen LogP contribution in [0.5, 0.6) is 0 Å². The summed E-state index contributed by atoms with van der Waals surface area (Å²) in [6.45, 7) is 7.89. The van der Waals surface area contributed by atoms with Gasteiger partial charge in [-0.25, -0.2) is 4.79 Å². The third-order valence-corrected chi connectivity index (χ3v) is 5.93. The smallest absolute Gasteiger partial charge is 0.340 e. The molecule has 1 aromatic heterocycles. The van der Waals surface area contributed by atoms with E-state index in [9.17, 15) is 9.59 Å². The molecule has 5 nitrogen and oxygen atoms in total. The number of amides is 1. The Labute approximate surface area is 185 Å². The minimum absolute atomic E-state index is 0.0887. The quantitative estimate of drug-likeness (QED) is 0.474. The predicted molar refractivity (Wildman–Crippen MR) is 123 cm³/mol. The second-order valence-corrected chi connectivity index (χ2v) is 7.97. The Morgan fingerprint density at radius 3 is 2.40 bits per heavy atom. The van der Waals surface area contributed by atoms with Crippen molar-refractivity contribution in [2.75, 3.05) is 11.9 Å². The highest BCUT2D eigenvalue weighted by Gasteiger charge is 2.25. The Bertz CT molecular complexity index is 1090. The van der Waals surface area contributed by atoms with E-state index in [1.165, 1.54) is 0 Å². The van der Waals surface area contributed by atoms with Gasteiger partial charge in [0.1, 0.15) is 6.54 Å². The fourth-order valence-electron chi connectivity index (χ4n) is 3.63. The monoisotopic (exact) mass is 468 g/mol. The molecule has 0 radical (unpaired) electrons. The van der Waals surface area contributed by atoms with E-state index in [0.717, 1.165) is 32.5 Å². The molecule has 0 unspecified atom stereocenters. The van der Waals surface area contributed by atoms with Crippen LogP contribution in [-0.4, -0.2) is 23.1 Å². The van der Waals surface area contributed by atoms with Crippen LogP contribution in [0.15, 0.2) is 53.0 Å². The number of ether oxygens (including phenoxy) is 1.